The highest BCUT2D eigenvalue weighted by Gasteiger charge is 2.58. The number of ether oxygens (including phenoxy) is 1. The van der Waals surface area contributed by atoms with Gasteiger partial charge >= 0.3 is 0 Å². The van der Waals surface area contributed by atoms with Gasteiger partial charge in [0.2, 0.25) is 0 Å². The first-order valence-electron chi connectivity index (χ1n) is 7.48. The van der Waals surface area contributed by atoms with Crippen molar-refractivity contribution in [2.75, 3.05) is 11.9 Å². The molecule has 1 spiro atoms. The van der Waals surface area contributed by atoms with E-state index < -0.39 is 0 Å². The van der Waals surface area contributed by atoms with Gasteiger partial charge in [0.15, 0.2) is 0 Å². The van der Waals surface area contributed by atoms with Gasteiger partial charge in [0.25, 0.3) is 0 Å². The molecule has 2 fully saturated rings. The van der Waals surface area contributed by atoms with Crippen LogP contribution in [0.3, 0.4) is 0 Å². The maximum atomic E-state index is 5.90. The second-order valence-corrected chi connectivity index (χ2v) is 6.05. The third kappa shape index (κ3) is 2.04. The molecule has 104 valence electrons. The van der Waals surface area contributed by atoms with E-state index in [1.807, 2.05) is 6.92 Å². The summed E-state index contributed by atoms with van der Waals surface area (Å²) in [5, 5.41) is 3.71. The van der Waals surface area contributed by atoms with Gasteiger partial charge in [-0.05, 0) is 52.2 Å². The van der Waals surface area contributed by atoms with Crippen LogP contribution in [0.1, 0.15) is 44.0 Å². The minimum atomic E-state index is 0.410. The summed E-state index contributed by atoms with van der Waals surface area (Å²) in [6.07, 6.45) is 5.59. The van der Waals surface area contributed by atoms with Crippen molar-refractivity contribution in [3.63, 3.8) is 0 Å². The number of aromatic nitrogens is 1. The lowest BCUT2D eigenvalue weighted by atomic mass is 9.51. The normalized spacial score (nSPS) is 27.7. The number of anilines is 1. The molecule has 2 aliphatic carbocycles. The van der Waals surface area contributed by atoms with Crippen molar-refractivity contribution in [2.24, 2.45) is 5.41 Å². The zero-order valence-electron chi connectivity index (χ0n) is 12.2. The number of nitrogens with zero attached hydrogens (tertiary/aromatic N) is 1. The fourth-order valence-electron chi connectivity index (χ4n) is 3.67. The summed E-state index contributed by atoms with van der Waals surface area (Å²) in [5.74, 6) is 0. The molecule has 19 heavy (non-hydrogen) atoms. The Morgan fingerprint density at radius 3 is 2.74 bits per heavy atom. The Kier molecular flexibility index (Phi) is 3.25. The van der Waals surface area contributed by atoms with Gasteiger partial charge < -0.3 is 10.1 Å². The second-order valence-electron chi connectivity index (χ2n) is 6.05. The van der Waals surface area contributed by atoms with Crippen LogP contribution in [-0.2, 0) is 4.74 Å². The molecule has 0 aromatic carbocycles. The predicted molar refractivity (Wildman–Crippen MR) is 77.4 cm³/mol. The lowest BCUT2D eigenvalue weighted by Crippen LogP contribution is -2.64. The molecule has 0 amide bonds. The van der Waals surface area contributed by atoms with E-state index in [1.54, 1.807) is 0 Å². The Labute approximate surface area is 115 Å². The van der Waals surface area contributed by atoms with E-state index in [2.05, 4.69) is 36.3 Å². The third-order valence-electron chi connectivity index (χ3n) is 4.99. The Balaban J connectivity index is 1.71. The van der Waals surface area contributed by atoms with E-state index in [-0.39, 0.29) is 0 Å². The SMILES string of the molecule is CCOC1CC(Nc2ccc(C)nc2C)C12CCC2. The Bertz CT molecular complexity index is 468. The molecule has 2 unspecified atom stereocenters. The average Bonchev–Trinajstić information content (AvgIpc) is 2.28. The molecular formula is C16H24N2O. The van der Waals surface area contributed by atoms with Gasteiger partial charge in [-0.3, -0.25) is 4.98 Å². The quantitative estimate of drug-likeness (QED) is 0.900. The van der Waals surface area contributed by atoms with Crippen LogP contribution in [0.15, 0.2) is 12.1 Å². The lowest BCUT2D eigenvalue weighted by molar-refractivity contribution is -0.157. The maximum Gasteiger partial charge on any atom is 0.0670 e. The second kappa shape index (κ2) is 4.78. The van der Waals surface area contributed by atoms with Crippen LogP contribution in [0.2, 0.25) is 0 Å². The number of aryl methyl sites for hydroxylation is 2. The molecule has 1 N–H and O–H groups in total. The number of rotatable bonds is 4. The molecular weight excluding hydrogens is 236 g/mol. The molecule has 1 aromatic heterocycles. The van der Waals surface area contributed by atoms with Gasteiger partial charge in [-0.2, -0.15) is 0 Å². The van der Waals surface area contributed by atoms with Gasteiger partial charge in [-0.25, -0.2) is 0 Å². The summed E-state index contributed by atoms with van der Waals surface area (Å²) in [7, 11) is 0. The maximum absolute atomic E-state index is 5.90. The van der Waals surface area contributed by atoms with Crippen LogP contribution in [0.5, 0.6) is 0 Å². The van der Waals surface area contributed by atoms with E-state index in [0.717, 1.165) is 24.4 Å². The third-order valence-corrected chi connectivity index (χ3v) is 4.99. The fraction of sp³-hybridized carbons (Fsp3) is 0.688. The largest absolute Gasteiger partial charge is 0.380 e. The Morgan fingerprint density at radius 1 is 1.37 bits per heavy atom. The highest BCUT2D eigenvalue weighted by atomic mass is 16.5. The number of hydrogen-bond acceptors (Lipinski definition) is 3. The highest BCUT2D eigenvalue weighted by molar-refractivity contribution is 5.50. The van der Waals surface area contributed by atoms with Crippen molar-refractivity contribution in [3.8, 4) is 0 Å². The molecule has 0 aliphatic heterocycles. The van der Waals surface area contributed by atoms with Crippen LogP contribution in [0.25, 0.3) is 0 Å². The van der Waals surface area contributed by atoms with Crippen molar-refractivity contribution in [1.82, 2.24) is 4.98 Å². The molecule has 1 heterocycles. The molecule has 1 aromatic rings. The minimum Gasteiger partial charge on any atom is -0.380 e. The van der Waals surface area contributed by atoms with Crippen molar-refractivity contribution in [2.45, 2.75) is 58.6 Å². The van der Waals surface area contributed by atoms with Gasteiger partial charge in [0, 0.05) is 23.8 Å². The summed E-state index contributed by atoms with van der Waals surface area (Å²) < 4.78 is 5.90. The standard InChI is InChI=1S/C16H24N2O/c1-4-19-15-10-14(16(15)8-5-9-16)18-13-7-6-11(2)17-12(13)3/h6-7,14-15,18H,4-5,8-10H2,1-3H3. The topological polar surface area (TPSA) is 34.1 Å². The highest BCUT2D eigenvalue weighted by Crippen LogP contribution is 2.58. The molecule has 0 bridgehead atoms. The van der Waals surface area contributed by atoms with Crippen LogP contribution in [-0.4, -0.2) is 23.7 Å². The van der Waals surface area contributed by atoms with E-state index in [4.69, 9.17) is 4.74 Å². The van der Waals surface area contributed by atoms with Gasteiger partial charge in [-0.1, -0.05) is 6.42 Å². The Hall–Kier alpha value is -1.09. The zero-order valence-corrected chi connectivity index (χ0v) is 12.2. The van der Waals surface area contributed by atoms with Crippen molar-refractivity contribution >= 4 is 5.69 Å². The lowest BCUT2D eigenvalue weighted by Gasteiger charge is -2.61. The van der Waals surface area contributed by atoms with Crippen LogP contribution >= 0.6 is 0 Å². The minimum absolute atomic E-state index is 0.410. The summed E-state index contributed by atoms with van der Waals surface area (Å²) in [6.45, 7) is 7.06. The number of pyridine rings is 1. The summed E-state index contributed by atoms with van der Waals surface area (Å²) >= 11 is 0. The molecule has 2 aliphatic rings. The molecule has 3 rings (SSSR count). The smallest absolute Gasteiger partial charge is 0.0670 e. The molecule has 2 saturated carbocycles. The first-order chi connectivity index (χ1) is 9.15. The summed E-state index contributed by atoms with van der Waals surface area (Å²) in [5.41, 5.74) is 3.79. The molecule has 3 heteroatoms. The van der Waals surface area contributed by atoms with E-state index in [0.29, 0.717) is 17.6 Å². The van der Waals surface area contributed by atoms with Crippen molar-refractivity contribution in [1.29, 1.82) is 0 Å². The van der Waals surface area contributed by atoms with Crippen LogP contribution < -0.4 is 5.32 Å². The zero-order chi connectivity index (χ0) is 13.5. The monoisotopic (exact) mass is 260 g/mol. The Morgan fingerprint density at radius 2 is 2.16 bits per heavy atom. The van der Waals surface area contributed by atoms with Crippen LogP contribution in [0, 0.1) is 19.3 Å². The van der Waals surface area contributed by atoms with Crippen LogP contribution in [0.4, 0.5) is 5.69 Å². The van der Waals surface area contributed by atoms with Gasteiger partial charge in [-0.15, -0.1) is 0 Å². The number of nitrogens with one attached hydrogen (secondary N) is 1. The molecule has 0 radical (unpaired) electrons. The molecule has 3 nitrogen and oxygen atoms in total. The summed E-state index contributed by atoms with van der Waals surface area (Å²) in [6, 6.07) is 4.82. The molecule has 0 saturated heterocycles. The number of hydrogen-bond donors (Lipinski definition) is 1. The van der Waals surface area contributed by atoms with Crippen molar-refractivity contribution < 1.29 is 4.74 Å². The predicted octanol–water partition coefficient (Wildman–Crippen LogP) is 3.46. The fourth-order valence-corrected chi connectivity index (χ4v) is 3.67. The van der Waals surface area contributed by atoms with E-state index in [1.165, 1.54) is 24.9 Å². The first-order valence-corrected chi connectivity index (χ1v) is 7.48. The average molecular weight is 260 g/mol. The van der Waals surface area contributed by atoms with Crippen molar-refractivity contribution in [3.05, 3.63) is 23.5 Å². The van der Waals surface area contributed by atoms with Gasteiger partial charge in [0.1, 0.15) is 0 Å². The van der Waals surface area contributed by atoms with E-state index >= 15 is 0 Å². The summed E-state index contributed by atoms with van der Waals surface area (Å²) in [4.78, 5) is 4.54. The first kappa shape index (κ1) is 12.9. The van der Waals surface area contributed by atoms with Gasteiger partial charge in [0.05, 0.1) is 17.5 Å². The molecule has 2 atom stereocenters. The van der Waals surface area contributed by atoms with E-state index in [9.17, 15) is 0 Å².